The van der Waals surface area contributed by atoms with Crippen LogP contribution in [0.5, 0.6) is 5.75 Å². The number of hydrogen-bond donors (Lipinski definition) is 2. The monoisotopic (exact) mass is 273 g/mol. The van der Waals surface area contributed by atoms with Crippen molar-refractivity contribution in [2.24, 2.45) is 0 Å². The maximum Gasteiger partial charge on any atom is 0.138 e. The highest BCUT2D eigenvalue weighted by Gasteiger charge is 2.21. The molecule has 1 aliphatic rings. The number of hydrogen-bond acceptors (Lipinski definition) is 2. The van der Waals surface area contributed by atoms with Crippen LogP contribution in [0.4, 0.5) is 0 Å². The number of nitrogens with one attached hydrogen (secondary N) is 1. The molecule has 0 spiro atoms. The topological polar surface area (TPSA) is 32.3 Å². The highest BCUT2D eigenvalue weighted by Crippen LogP contribution is 2.32. The second kappa shape index (κ2) is 5.24. The van der Waals surface area contributed by atoms with Gasteiger partial charge in [0.15, 0.2) is 0 Å². The summed E-state index contributed by atoms with van der Waals surface area (Å²) in [5.74, 6) is 0.183. The molecular formula is C16H16ClNO. The minimum absolute atomic E-state index is 0.183. The first-order chi connectivity index (χ1) is 9.25. The zero-order valence-electron chi connectivity index (χ0n) is 10.6. The van der Waals surface area contributed by atoms with Gasteiger partial charge in [-0.2, -0.15) is 0 Å². The molecule has 0 amide bonds. The molecule has 19 heavy (non-hydrogen) atoms. The smallest absolute Gasteiger partial charge is 0.138 e. The minimum Gasteiger partial charge on any atom is -0.506 e. The van der Waals surface area contributed by atoms with Crippen molar-refractivity contribution in [1.82, 2.24) is 5.32 Å². The minimum atomic E-state index is 0.183. The fourth-order valence-corrected chi connectivity index (χ4v) is 2.90. The maximum atomic E-state index is 9.89. The van der Waals surface area contributed by atoms with E-state index < -0.39 is 0 Å². The molecule has 2 nitrogen and oxygen atoms in total. The van der Waals surface area contributed by atoms with E-state index >= 15 is 0 Å². The van der Waals surface area contributed by atoms with Crippen LogP contribution < -0.4 is 5.32 Å². The Kier molecular flexibility index (Phi) is 3.45. The zero-order valence-corrected chi connectivity index (χ0v) is 11.3. The molecule has 0 aromatic heterocycles. The average molecular weight is 274 g/mol. The van der Waals surface area contributed by atoms with Crippen LogP contribution >= 0.6 is 11.6 Å². The van der Waals surface area contributed by atoms with Gasteiger partial charge in [0, 0.05) is 18.2 Å². The normalized spacial score (nSPS) is 17.4. The van der Waals surface area contributed by atoms with Crippen LogP contribution in [0, 0.1) is 0 Å². The summed E-state index contributed by atoms with van der Waals surface area (Å²) in [5, 5.41) is 13.8. The van der Waals surface area contributed by atoms with Crippen LogP contribution in [0.3, 0.4) is 0 Å². The number of benzene rings is 2. The molecule has 0 saturated heterocycles. The molecule has 2 aromatic rings. The second-order valence-corrected chi connectivity index (χ2v) is 5.33. The second-order valence-electron chi connectivity index (χ2n) is 4.92. The van der Waals surface area contributed by atoms with Gasteiger partial charge in [0.2, 0.25) is 0 Å². The van der Waals surface area contributed by atoms with Gasteiger partial charge in [-0.25, -0.2) is 0 Å². The first-order valence-corrected chi connectivity index (χ1v) is 6.91. The fraction of sp³-hybridized carbons (Fsp3) is 0.250. The Morgan fingerprint density at radius 2 is 2.00 bits per heavy atom. The predicted molar refractivity (Wildman–Crippen MR) is 77.5 cm³/mol. The molecule has 0 fully saturated rings. The lowest BCUT2D eigenvalue weighted by molar-refractivity contribution is 0.457. The molecule has 0 radical (unpaired) electrons. The predicted octanol–water partition coefficient (Wildman–Crippen LogP) is 3.82. The van der Waals surface area contributed by atoms with Gasteiger partial charge in [0.05, 0.1) is 5.02 Å². The molecular weight excluding hydrogens is 258 g/mol. The molecule has 0 bridgehead atoms. The number of aryl methyl sites for hydroxylation is 1. The molecule has 1 aliphatic carbocycles. The van der Waals surface area contributed by atoms with Crippen LogP contribution in [-0.2, 0) is 13.0 Å². The third-order valence-electron chi connectivity index (χ3n) is 3.74. The summed E-state index contributed by atoms with van der Waals surface area (Å²) in [4.78, 5) is 0. The number of fused-ring (bicyclic) bond motifs is 1. The number of phenols is 1. The Morgan fingerprint density at radius 3 is 2.89 bits per heavy atom. The third kappa shape index (κ3) is 2.46. The molecule has 1 unspecified atom stereocenters. The first kappa shape index (κ1) is 12.5. The van der Waals surface area contributed by atoms with E-state index in [2.05, 4.69) is 29.6 Å². The zero-order chi connectivity index (χ0) is 13.2. The van der Waals surface area contributed by atoms with Crippen LogP contribution in [0.1, 0.15) is 29.2 Å². The van der Waals surface area contributed by atoms with Gasteiger partial charge in [0.1, 0.15) is 5.75 Å². The van der Waals surface area contributed by atoms with Gasteiger partial charge < -0.3 is 10.4 Å². The summed E-state index contributed by atoms with van der Waals surface area (Å²) in [6.45, 7) is 0.630. The maximum absolute atomic E-state index is 9.89. The van der Waals surface area contributed by atoms with Gasteiger partial charge in [0.25, 0.3) is 0 Å². The van der Waals surface area contributed by atoms with E-state index in [9.17, 15) is 5.11 Å². The van der Waals surface area contributed by atoms with Gasteiger partial charge >= 0.3 is 0 Å². The summed E-state index contributed by atoms with van der Waals surface area (Å²) in [6, 6.07) is 14.4. The summed E-state index contributed by atoms with van der Waals surface area (Å²) in [5.41, 5.74) is 3.65. The SMILES string of the molecule is Oc1c(Cl)cccc1CNC1CCc2ccccc21. The molecule has 2 N–H and O–H groups in total. The Hall–Kier alpha value is -1.51. The van der Waals surface area contributed by atoms with Crippen molar-refractivity contribution < 1.29 is 5.11 Å². The summed E-state index contributed by atoms with van der Waals surface area (Å²) >= 11 is 5.91. The third-order valence-corrected chi connectivity index (χ3v) is 4.05. The van der Waals surface area contributed by atoms with Crippen molar-refractivity contribution in [3.05, 3.63) is 64.2 Å². The molecule has 3 rings (SSSR count). The molecule has 0 aliphatic heterocycles. The summed E-state index contributed by atoms with van der Waals surface area (Å²) in [7, 11) is 0. The Morgan fingerprint density at radius 1 is 1.16 bits per heavy atom. The lowest BCUT2D eigenvalue weighted by Gasteiger charge is -2.15. The Balaban J connectivity index is 1.73. The highest BCUT2D eigenvalue weighted by molar-refractivity contribution is 6.32. The average Bonchev–Trinajstić information content (AvgIpc) is 2.84. The number of phenolic OH excluding ortho intramolecular Hbond substituents is 1. The van der Waals surface area contributed by atoms with E-state index in [1.807, 2.05) is 12.1 Å². The lowest BCUT2D eigenvalue weighted by atomic mass is 10.1. The van der Waals surface area contributed by atoms with E-state index in [-0.39, 0.29) is 5.75 Å². The number of aromatic hydroxyl groups is 1. The Bertz CT molecular complexity index is 597. The molecule has 2 aromatic carbocycles. The van der Waals surface area contributed by atoms with E-state index in [0.29, 0.717) is 17.6 Å². The van der Waals surface area contributed by atoms with Gasteiger partial charge in [-0.15, -0.1) is 0 Å². The first-order valence-electron chi connectivity index (χ1n) is 6.53. The highest BCUT2D eigenvalue weighted by atomic mass is 35.5. The lowest BCUT2D eigenvalue weighted by Crippen LogP contribution is -2.18. The number of para-hydroxylation sites is 1. The van der Waals surface area contributed by atoms with Crippen molar-refractivity contribution >= 4 is 11.6 Å². The quantitative estimate of drug-likeness (QED) is 0.891. The Labute approximate surface area is 118 Å². The van der Waals surface area contributed by atoms with Crippen LogP contribution in [0.15, 0.2) is 42.5 Å². The van der Waals surface area contributed by atoms with E-state index in [4.69, 9.17) is 11.6 Å². The van der Waals surface area contributed by atoms with Crippen molar-refractivity contribution in [3.63, 3.8) is 0 Å². The standard InChI is InChI=1S/C16H16ClNO/c17-14-7-3-5-12(16(14)19)10-18-15-9-8-11-4-1-2-6-13(11)15/h1-7,15,18-19H,8-10H2. The fourth-order valence-electron chi connectivity index (χ4n) is 2.70. The molecule has 98 valence electrons. The van der Waals surface area contributed by atoms with Gasteiger partial charge in [-0.1, -0.05) is 48.0 Å². The number of rotatable bonds is 3. The van der Waals surface area contributed by atoms with E-state index in [1.54, 1.807) is 6.07 Å². The van der Waals surface area contributed by atoms with Crippen molar-refractivity contribution in [2.75, 3.05) is 0 Å². The van der Waals surface area contributed by atoms with Crippen molar-refractivity contribution in [1.29, 1.82) is 0 Å². The van der Waals surface area contributed by atoms with Crippen LogP contribution in [0.25, 0.3) is 0 Å². The van der Waals surface area contributed by atoms with Crippen molar-refractivity contribution in [3.8, 4) is 5.75 Å². The summed E-state index contributed by atoms with van der Waals surface area (Å²) in [6.07, 6.45) is 2.23. The molecule has 1 atom stereocenters. The molecule has 3 heteroatoms. The van der Waals surface area contributed by atoms with Gasteiger partial charge in [-0.3, -0.25) is 0 Å². The van der Waals surface area contributed by atoms with E-state index in [0.717, 1.165) is 18.4 Å². The van der Waals surface area contributed by atoms with E-state index in [1.165, 1.54) is 11.1 Å². The largest absolute Gasteiger partial charge is 0.506 e. The van der Waals surface area contributed by atoms with Gasteiger partial charge in [-0.05, 0) is 30.0 Å². The molecule has 0 heterocycles. The molecule has 0 saturated carbocycles. The van der Waals surface area contributed by atoms with Crippen LogP contribution in [0.2, 0.25) is 5.02 Å². The van der Waals surface area contributed by atoms with Crippen molar-refractivity contribution in [2.45, 2.75) is 25.4 Å². The number of halogens is 1. The summed E-state index contributed by atoms with van der Waals surface area (Å²) < 4.78 is 0. The van der Waals surface area contributed by atoms with Crippen LogP contribution in [-0.4, -0.2) is 5.11 Å².